The first-order valence-electron chi connectivity index (χ1n) is 6.29. The van der Waals surface area contributed by atoms with E-state index >= 15 is 0 Å². The fourth-order valence-corrected chi connectivity index (χ4v) is 2.97. The van der Waals surface area contributed by atoms with Crippen LogP contribution in [0.25, 0.3) is 0 Å². The molecular weight excluding hydrogens is 325 g/mol. The summed E-state index contributed by atoms with van der Waals surface area (Å²) in [5.74, 6) is 0.769. The monoisotopic (exact) mass is 343 g/mol. The van der Waals surface area contributed by atoms with Gasteiger partial charge in [0.15, 0.2) is 0 Å². The molecule has 0 spiro atoms. The van der Waals surface area contributed by atoms with E-state index in [1.54, 1.807) is 0 Å². The molecule has 2 nitrogen and oxygen atoms in total. The van der Waals surface area contributed by atoms with Crippen molar-refractivity contribution in [2.45, 2.75) is 38.5 Å². The topological polar surface area (TPSA) is 29.1 Å². The number of carbonyl (C=O) groups excluding carboxylic acids is 1. The molecule has 1 amide bonds. The van der Waals surface area contributed by atoms with Crippen LogP contribution in [0.4, 0.5) is 5.69 Å². The average Bonchev–Trinajstić information content (AvgIpc) is 2.30. The van der Waals surface area contributed by atoms with E-state index in [4.69, 9.17) is 0 Å². The predicted molar refractivity (Wildman–Crippen MR) is 79.0 cm³/mol. The molecule has 1 aromatic carbocycles. The fraction of sp³-hybridized carbons (Fsp3) is 0.500. The van der Waals surface area contributed by atoms with Crippen LogP contribution in [-0.4, -0.2) is 5.91 Å². The van der Waals surface area contributed by atoms with Crippen molar-refractivity contribution in [2.24, 2.45) is 5.92 Å². The Hall–Kier alpha value is -0.580. The van der Waals surface area contributed by atoms with Gasteiger partial charge in [-0.15, -0.1) is 0 Å². The maximum atomic E-state index is 11.9. The number of hydrogen-bond donors (Lipinski definition) is 1. The summed E-state index contributed by atoms with van der Waals surface area (Å²) < 4.78 is 1.15. The number of anilines is 1. The molecule has 1 fully saturated rings. The lowest BCUT2D eigenvalue weighted by Gasteiger charge is -2.20. The van der Waals surface area contributed by atoms with Gasteiger partial charge in [0.2, 0.25) is 5.91 Å². The number of carbonyl (C=O) groups is 1. The molecule has 17 heavy (non-hydrogen) atoms. The van der Waals surface area contributed by atoms with Crippen molar-refractivity contribution in [1.82, 2.24) is 0 Å². The number of nitrogens with one attached hydrogen (secondary N) is 1. The first kappa shape index (κ1) is 12.9. The second kappa shape index (κ2) is 6.38. The van der Waals surface area contributed by atoms with Gasteiger partial charge in [0.05, 0.1) is 0 Å². The van der Waals surface area contributed by atoms with Crippen molar-refractivity contribution < 1.29 is 4.79 Å². The molecule has 1 saturated carbocycles. The average molecular weight is 343 g/mol. The molecule has 1 aliphatic carbocycles. The minimum atomic E-state index is 0.166. The van der Waals surface area contributed by atoms with E-state index in [9.17, 15) is 4.79 Å². The van der Waals surface area contributed by atoms with Gasteiger partial charge in [-0.25, -0.2) is 0 Å². The minimum Gasteiger partial charge on any atom is -0.326 e. The third-order valence-corrected chi connectivity index (χ3v) is 3.98. The third-order valence-electron chi connectivity index (χ3n) is 3.31. The molecule has 1 aliphatic rings. The van der Waals surface area contributed by atoms with E-state index in [2.05, 4.69) is 27.9 Å². The summed E-state index contributed by atoms with van der Waals surface area (Å²) in [5, 5.41) is 2.99. The second-order valence-electron chi connectivity index (χ2n) is 4.77. The van der Waals surface area contributed by atoms with Gasteiger partial charge in [-0.2, -0.15) is 0 Å². The lowest BCUT2D eigenvalue weighted by Crippen LogP contribution is -2.18. The van der Waals surface area contributed by atoms with Gasteiger partial charge in [-0.1, -0.05) is 25.3 Å². The minimum absolute atomic E-state index is 0.166. The molecule has 0 aliphatic heterocycles. The van der Waals surface area contributed by atoms with Crippen molar-refractivity contribution in [2.75, 3.05) is 5.32 Å². The molecule has 0 heterocycles. The zero-order chi connectivity index (χ0) is 12.1. The lowest BCUT2D eigenvalue weighted by atomic mass is 9.87. The number of benzene rings is 1. The molecule has 3 heteroatoms. The Morgan fingerprint density at radius 1 is 1.29 bits per heavy atom. The maximum Gasteiger partial charge on any atom is 0.224 e. The molecule has 0 atom stereocenters. The second-order valence-corrected chi connectivity index (χ2v) is 6.01. The molecule has 0 saturated heterocycles. The van der Waals surface area contributed by atoms with Gasteiger partial charge in [-0.3, -0.25) is 4.79 Å². The molecule has 0 radical (unpaired) electrons. The summed E-state index contributed by atoms with van der Waals surface area (Å²) in [6.07, 6.45) is 7.06. The lowest BCUT2D eigenvalue weighted by molar-refractivity contribution is -0.117. The van der Waals surface area contributed by atoms with Gasteiger partial charge >= 0.3 is 0 Å². The third kappa shape index (κ3) is 4.30. The van der Waals surface area contributed by atoms with Crippen molar-refractivity contribution in [1.29, 1.82) is 0 Å². The quantitative estimate of drug-likeness (QED) is 0.819. The van der Waals surface area contributed by atoms with E-state index in [1.807, 2.05) is 24.3 Å². The van der Waals surface area contributed by atoms with Crippen molar-refractivity contribution in [3.05, 3.63) is 27.8 Å². The largest absolute Gasteiger partial charge is 0.326 e. The molecule has 92 valence electrons. The number of amides is 1. The van der Waals surface area contributed by atoms with Gasteiger partial charge in [0.25, 0.3) is 0 Å². The Bertz CT molecular complexity index is 386. The number of hydrogen-bond acceptors (Lipinski definition) is 1. The van der Waals surface area contributed by atoms with Crippen molar-refractivity contribution in [3.63, 3.8) is 0 Å². The molecule has 2 rings (SSSR count). The first-order chi connectivity index (χ1) is 8.24. The Kier molecular flexibility index (Phi) is 4.83. The van der Waals surface area contributed by atoms with E-state index in [0.717, 1.165) is 9.26 Å². The Balaban J connectivity index is 1.84. The zero-order valence-electron chi connectivity index (χ0n) is 9.92. The molecule has 0 aromatic heterocycles. The van der Waals surface area contributed by atoms with E-state index in [-0.39, 0.29) is 5.91 Å². The molecular formula is C14H18INO. The summed E-state index contributed by atoms with van der Waals surface area (Å²) in [5.41, 5.74) is 0.915. The maximum absolute atomic E-state index is 11.9. The Morgan fingerprint density at radius 3 is 2.76 bits per heavy atom. The van der Waals surface area contributed by atoms with E-state index in [0.29, 0.717) is 12.3 Å². The highest BCUT2D eigenvalue weighted by molar-refractivity contribution is 14.1. The zero-order valence-corrected chi connectivity index (χ0v) is 12.1. The summed E-state index contributed by atoms with van der Waals surface area (Å²) in [4.78, 5) is 11.9. The van der Waals surface area contributed by atoms with Crippen LogP contribution in [0, 0.1) is 9.49 Å². The normalized spacial score (nSPS) is 16.8. The van der Waals surface area contributed by atoms with Crippen LogP contribution >= 0.6 is 22.6 Å². The summed E-state index contributed by atoms with van der Waals surface area (Å²) >= 11 is 2.26. The summed E-state index contributed by atoms with van der Waals surface area (Å²) in [7, 11) is 0. The SMILES string of the molecule is O=C(CC1CCCCC1)Nc1cccc(I)c1. The summed E-state index contributed by atoms with van der Waals surface area (Å²) in [6.45, 7) is 0. The highest BCUT2D eigenvalue weighted by Gasteiger charge is 2.16. The molecule has 1 aromatic rings. The first-order valence-corrected chi connectivity index (χ1v) is 7.37. The van der Waals surface area contributed by atoms with Gasteiger partial charge in [0, 0.05) is 15.7 Å². The predicted octanol–water partition coefficient (Wildman–Crippen LogP) is 4.20. The van der Waals surface area contributed by atoms with Crippen molar-refractivity contribution in [3.8, 4) is 0 Å². The van der Waals surface area contributed by atoms with E-state index < -0.39 is 0 Å². The highest BCUT2D eigenvalue weighted by atomic mass is 127. The smallest absolute Gasteiger partial charge is 0.224 e. The highest BCUT2D eigenvalue weighted by Crippen LogP contribution is 2.26. The fourth-order valence-electron chi connectivity index (χ4n) is 2.43. The van der Waals surface area contributed by atoms with Crippen LogP contribution in [0.15, 0.2) is 24.3 Å². The molecule has 0 bridgehead atoms. The van der Waals surface area contributed by atoms with Crippen LogP contribution in [0.2, 0.25) is 0 Å². The van der Waals surface area contributed by atoms with Gasteiger partial charge < -0.3 is 5.32 Å². The van der Waals surface area contributed by atoms with Crippen LogP contribution in [0.5, 0.6) is 0 Å². The van der Waals surface area contributed by atoms with Gasteiger partial charge in [0.1, 0.15) is 0 Å². The molecule has 0 unspecified atom stereocenters. The number of halogens is 1. The van der Waals surface area contributed by atoms with Gasteiger partial charge in [-0.05, 0) is 59.5 Å². The van der Waals surface area contributed by atoms with Crippen molar-refractivity contribution >= 4 is 34.2 Å². The Labute approximate surface area is 116 Å². The standard InChI is InChI=1S/C14H18INO/c15-12-7-4-8-13(10-12)16-14(17)9-11-5-2-1-3-6-11/h4,7-8,10-11H,1-3,5-6,9H2,(H,16,17). The van der Waals surface area contributed by atoms with Crippen LogP contribution in [0.3, 0.4) is 0 Å². The van der Waals surface area contributed by atoms with Crippen LogP contribution in [-0.2, 0) is 4.79 Å². The van der Waals surface area contributed by atoms with Crippen LogP contribution < -0.4 is 5.32 Å². The summed E-state index contributed by atoms with van der Waals surface area (Å²) in [6, 6.07) is 7.94. The van der Waals surface area contributed by atoms with Crippen LogP contribution in [0.1, 0.15) is 38.5 Å². The van der Waals surface area contributed by atoms with E-state index in [1.165, 1.54) is 32.1 Å². The number of rotatable bonds is 3. The molecule has 1 N–H and O–H groups in total. The Morgan fingerprint density at radius 2 is 2.06 bits per heavy atom.